The van der Waals surface area contributed by atoms with E-state index in [1.165, 1.54) is 10.9 Å². The summed E-state index contributed by atoms with van der Waals surface area (Å²) in [6, 6.07) is 5.39. The first-order chi connectivity index (χ1) is 9.50. The molecule has 0 saturated carbocycles. The summed E-state index contributed by atoms with van der Waals surface area (Å²) >= 11 is 0. The fourth-order valence-corrected chi connectivity index (χ4v) is 1.99. The third kappa shape index (κ3) is 1.78. The molecule has 2 heterocycles. The zero-order chi connectivity index (χ0) is 14.3. The Kier molecular flexibility index (Phi) is 2.63. The van der Waals surface area contributed by atoms with Crippen LogP contribution in [-0.2, 0) is 10.3 Å². The Morgan fingerprint density at radius 2 is 2.10 bits per heavy atom. The van der Waals surface area contributed by atoms with Crippen molar-refractivity contribution in [3.63, 3.8) is 0 Å². The Balaban J connectivity index is 2.08. The van der Waals surface area contributed by atoms with Crippen LogP contribution in [0.5, 0.6) is 11.5 Å². The molecule has 20 heavy (non-hydrogen) atoms. The zero-order valence-corrected chi connectivity index (χ0v) is 11.0. The minimum Gasteiger partial charge on any atom is -0.479 e. The van der Waals surface area contributed by atoms with Crippen LogP contribution in [0.1, 0.15) is 13.8 Å². The lowest BCUT2D eigenvalue weighted by Gasteiger charge is -2.21. The Labute approximate surface area is 114 Å². The van der Waals surface area contributed by atoms with E-state index in [-0.39, 0.29) is 6.79 Å². The number of benzene rings is 1. The fraction of sp³-hybridized carbons (Fsp3) is 0.308. The number of carboxylic acids is 1. The summed E-state index contributed by atoms with van der Waals surface area (Å²) < 4.78 is 12.0. The molecule has 7 nitrogen and oxygen atoms in total. The molecule has 0 saturated heterocycles. The number of aliphatic carboxylic acids is 1. The quantitative estimate of drug-likeness (QED) is 0.913. The summed E-state index contributed by atoms with van der Waals surface area (Å²) in [5.74, 6) is 0.318. The van der Waals surface area contributed by atoms with Crippen LogP contribution < -0.4 is 9.47 Å². The number of hydrogen-bond donors (Lipinski definition) is 1. The van der Waals surface area contributed by atoms with Gasteiger partial charge in [-0.1, -0.05) is 5.21 Å². The molecule has 3 rings (SSSR count). The van der Waals surface area contributed by atoms with Crippen molar-refractivity contribution >= 4 is 5.97 Å². The Hall–Kier alpha value is -2.57. The molecule has 0 spiro atoms. The number of fused-ring (bicyclic) bond motifs is 1. The summed E-state index contributed by atoms with van der Waals surface area (Å²) in [6.45, 7) is 3.33. The molecule has 0 aliphatic carbocycles. The van der Waals surface area contributed by atoms with Crippen LogP contribution >= 0.6 is 0 Å². The smallest absolute Gasteiger partial charge is 0.331 e. The second-order valence-electron chi connectivity index (χ2n) is 4.96. The van der Waals surface area contributed by atoms with Crippen molar-refractivity contribution in [2.24, 2.45) is 0 Å². The second-order valence-corrected chi connectivity index (χ2v) is 4.96. The van der Waals surface area contributed by atoms with Gasteiger partial charge in [0.2, 0.25) is 6.79 Å². The molecule has 7 heteroatoms. The molecular weight excluding hydrogens is 262 g/mol. The summed E-state index contributed by atoms with van der Waals surface area (Å²) in [7, 11) is 0. The van der Waals surface area contributed by atoms with Gasteiger partial charge < -0.3 is 14.6 Å². The molecule has 1 aliphatic heterocycles. The van der Waals surface area contributed by atoms with Gasteiger partial charge in [-0.05, 0) is 32.0 Å². The van der Waals surface area contributed by atoms with Gasteiger partial charge in [0.05, 0.1) is 11.9 Å². The predicted octanol–water partition coefficient (Wildman–Crippen LogP) is 1.49. The van der Waals surface area contributed by atoms with Gasteiger partial charge in [-0.3, -0.25) is 0 Å². The lowest BCUT2D eigenvalue weighted by Crippen LogP contribution is -2.37. The highest BCUT2D eigenvalue weighted by atomic mass is 16.7. The van der Waals surface area contributed by atoms with Gasteiger partial charge in [0, 0.05) is 5.56 Å². The molecule has 0 bridgehead atoms. The van der Waals surface area contributed by atoms with Crippen LogP contribution in [0, 0.1) is 0 Å². The van der Waals surface area contributed by atoms with Crippen molar-refractivity contribution in [3.8, 4) is 22.8 Å². The first-order valence-electron chi connectivity index (χ1n) is 6.05. The summed E-state index contributed by atoms with van der Waals surface area (Å²) in [5, 5.41) is 17.0. The molecule has 0 unspecified atom stereocenters. The van der Waals surface area contributed by atoms with Gasteiger partial charge in [-0.25, -0.2) is 9.48 Å². The molecule has 1 aliphatic rings. The maximum Gasteiger partial charge on any atom is 0.331 e. The Bertz CT molecular complexity index is 678. The molecule has 1 aromatic carbocycles. The number of rotatable bonds is 3. The van der Waals surface area contributed by atoms with Crippen molar-refractivity contribution in [2.45, 2.75) is 19.4 Å². The molecule has 0 atom stereocenters. The van der Waals surface area contributed by atoms with E-state index in [4.69, 9.17) is 9.47 Å². The monoisotopic (exact) mass is 275 g/mol. The van der Waals surface area contributed by atoms with Crippen molar-refractivity contribution in [1.29, 1.82) is 0 Å². The second kappa shape index (κ2) is 4.22. The summed E-state index contributed by atoms with van der Waals surface area (Å²) in [4.78, 5) is 11.4. The van der Waals surface area contributed by atoms with E-state index in [0.29, 0.717) is 17.2 Å². The standard InChI is InChI=1S/C13H13N3O4/c1-13(2,12(17)18)16-9(6-14-15-16)8-3-4-10-11(5-8)20-7-19-10/h3-6H,7H2,1-2H3,(H,17,18). The lowest BCUT2D eigenvalue weighted by atomic mass is 10.0. The molecule has 2 aromatic rings. The van der Waals surface area contributed by atoms with E-state index < -0.39 is 11.5 Å². The van der Waals surface area contributed by atoms with E-state index in [1.807, 2.05) is 6.07 Å². The maximum absolute atomic E-state index is 11.4. The molecule has 104 valence electrons. The van der Waals surface area contributed by atoms with Crippen LogP contribution in [-0.4, -0.2) is 32.9 Å². The van der Waals surface area contributed by atoms with Crippen molar-refractivity contribution in [3.05, 3.63) is 24.4 Å². The highest BCUT2D eigenvalue weighted by Crippen LogP contribution is 2.36. The van der Waals surface area contributed by atoms with Gasteiger partial charge in [0.1, 0.15) is 0 Å². The summed E-state index contributed by atoms with van der Waals surface area (Å²) in [5.41, 5.74) is 0.187. The number of aromatic nitrogens is 3. The molecular formula is C13H13N3O4. The average Bonchev–Trinajstić information content (AvgIpc) is 3.06. The van der Waals surface area contributed by atoms with Crippen molar-refractivity contribution < 1.29 is 19.4 Å². The van der Waals surface area contributed by atoms with E-state index in [1.54, 1.807) is 26.0 Å². The maximum atomic E-state index is 11.4. The lowest BCUT2D eigenvalue weighted by molar-refractivity contribution is -0.146. The molecule has 1 N–H and O–H groups in total. The number of hydrogen-bond acceptors (Lipinski definition) is 5. The molecule has 0 amide bonds. The van der Waals surface area contributed by atoms with Gasteiger partial charge in [0.15, 0.2) is 17.0 Å². The van der Waals surface area contributed by atoms with Gasteiger partial charge >= 0.3 is 5.97 Å². The first kappa shape index (κ1) is 12.5. The van der Waals surface area contributed by atoms with Gasteiger partial charge in [-0.2, -0.15) is 0 Å². The number of carbonyl (C=O) groups is 1. The third-order valence-corrected chi connectivity index (χ3v) is 3.27. The van der Waals surface area contributed by atoms with E-state index in [9.17, 15) is 9.90 Å². The Morgan fingerprint density at radius 1 is 1.35 bits per heavy atom. The fourth-order valence-electron chi connectivity index (χ4n) is 1.99. The van der Waals surface area contributed by atoms with E-state index in [2.05, 4.69) is 10.3 Å². The van der Waals surface area contributed by atoms with Crippen LogP contribution in [0.4, 0.5) is 0 Å². The minimum absolute atomic E-state index is 0.191. The van der Waals surface area contributed by atoms with Crippen molar-refractivity contribution in [1.82, 2.24) is 15.0 Å². The predicted molar refractivity (Wildman–Crippen MR) is 68.5 cm³/mol. The SMILES string of the molecule is CC(C)(C(=O)O)n1nncc1-c1ccc2c(c1)OCO2. The molecule has 1 aromatic heterocycles. The normalized spacial score (nSPS) is 13.5. The van der Waals surface area contributed by atoms with Crippen LogP contribution in [0.3, 0.4) is 0 Å². The van der Waals surface area contributed by atoms with Crippen LogP contribution in [0.15, 0.2) is 24.4 Å². The number of ether oxygens (including phenoxy) is 2. The molecule has 0 radical (unpaired) electrons. The van der Waals surface area contributed by atoms with Gasteiger partial charge in [0.25, 0.3) is 0 Å². The zero-order valence-electron chi connectivity index (χ0n) is 11.0. The minimum atomic E-state index is -1.19. The Morgan fingerprint density at radius 3 is 2.85 bits per heavy atom. The third-order valence-electron chi connectivity index (χ3n) is 3.27. The van der Waals surface area contributed by atoms with Crippen LogP contribution in [0.2, 0.25) is 0 Å². The first-order valence-corrected chi connectivity index (χ1v) is 6.05. The van der Waals surface area contributed by atoms with Crippen molar-refractivity contribution in [2.75, 3.05) is 6.79 Å². The topological polar surface area (TPSA) is 86.5 Å². The highest BCUT2D eigenvalue weighted by molar-refractivity contribution is 5.77. The largest absolute Gasteiger partial charge is 0.479 e. The van der Waals surface area contributed by atoms with Gasteiger partial charge in [-0.15, -0.1) is 5.10 Å². The number of nitrogens with zero attached hydrogens (tertiary/aromatic N) is 3. The highest BCUT2D eigenvalue weighted by Gasteiger charge is 2.33. The van der Waals surface area contributed by atoms with E-state index in [0.717, 1.165) is 5.56 Å². The number of carboxylic acid groups (broad SMARTS) is 1. The van der Waals surface area contributed by atoms with Crippen LogP contribution in [0.25, 0.3) is 11.3 Å². The molecule has 0 fully saturated rings. The van der Waals surface area contributed by atoms with E-state index >= 15 is 0 Å². The average molecular weight is 275 g/mol. The summed E-state index contributed by atoms with van der Waals surface area (Å²) in [6.07, 6.45) is 1.53.